The minimum Gasteiger partial charge on any atom is -0.492 e. The summed E-state index contributed by atoms with van der Waals surface area (Å²) < 4.78 is 31.3. The van der Waals surface area contributed by atoms with Gasteiger partial charge in [-0.05, 0) is 124 Å². The largest absolute Gasteiger partial charge is 0.492 e. The third-order valence-corrected chi connectivity index (χ3v) is 16.0. The molecule has 2 aliphatic carbocycles. The first kappa shape index (κ1) is 47.5. The monoisotopic (exact) mass is 926 g/mol. The summed E-state index contributed by atoms with van der Waals surface area (Å²) in [6, 6.07) is 6.15. The summed E-state index contributed by atoms with van der Waals surface area (Å²) in [4.78, 5) is 47.9. The molecule has 2 saturated carbocycles. The second-order valence-corrected chi connectivity index (χ2v) is 19.6. The van der Waals surface area contributed by atoms with Crippen LogP contribution in [0.2, 0.25) is 0 Å². The smallest absolute Gasteiger partial charge is 0.375 e. The highest BCUT2D eigenvalue weighted by atomic mass is 16.6. The normalized spacial score (nSPS) is 29.6. The fourth-order valence-electron chi connectivity index (χ4n) is 12.9. The molecule has 6 N–H and O–H groups in total. The highest BCUT2D eigenvalue weighted by molar-refractivity contribution is 6.11. The van der Waals surface area contributed by atoms with Gasteiger partial charge in [-0.1, -0.05) is 12.5 Å². The lowest BCUT2D eigenvalue weighted by Gasteiger charge is -2.56. The second-order valence-electron chi connectivity index (χ2n) is 19.6. The number of aromatic amines is 1. The maximum atomic E-state index is 14.5. The van der Waals surface area contributed by atoms with E-state index in [0.717, 1.165) is 54.4 Å². The van der Waals surface area contributed by atoms with Gasteiger partial charge in [0.05, 0.1) is 43.1 Å². The van der Waals surface area contributed by atoms with E-state index in [4.69, 9.17) is 23.7 Å². The van der Waals surface area contributed by atoms with Gasteiger partial charge in [0, 0.05) is 86.5 Å². The van der Waals surface area contributed by atoms with Crippen molar-refractivity contribution in [2.45, 2.75) is 108 Å². The molecule has 6 aliphatic rings. The Morgan fingerprint density at radius 3 is 2.57 bits per heavy atom. The van der Waals surface area contributed by atoms with Crippen molar-refractivity contribution in [3.8, 4) is 17.2 Å². The van der Waals surface area contributed by atoms with E-state index in [-0.39, 0.29) is 109 Å². The molecule has 0 radical (unpaired) electrons. The lowest BCUT2D eigenvalue weighted by molar-refractivity contribution is -0.179. The zero-order chi connectivity index (χ0) is 47.1. The molecule has 15 heteroatoms. The lowest BCUT2D eigenvalue weighted by Crippen LogP contribution is -2.64. The number of aldehydes is 1. The van der Waals surface area contributed by atoms with Gasteiger partial charge in [0.2, 0.25) is 5.76 Å². The number of esters is 1. The van der Waals surface area contributed by atoms with E-state index in [1.165, 1.54) is 0 Å². The Kier molecular flexibility index (Phi) is 14.0. The minimum atomic E-state index is -1.41. The fourth-order valence-corrected chi connectivity index (χ4v) is 12.9. The van der Waals surface area contributed by atoms with Gasteiger partial charge < -0.3 is 59.1 Å². The van der Waals surface area contributed by atoms with Crippen molar-refractivity contribution >= 4 is 34.5 Å². The molecule has 3 fully saturated rings. The molecule has 9 atom stereocenters. The van der Waals surface area contributed by atoms with Crippen LogP contribution in [0.15, 0.2) is 41.3 Å². The molecule has 0 spiro atoms. The number of rotatable bonds is 13. The number of hydrogen-bond acceptors (Lipinski definition) is 14. The zero-order valence-electron chi connectivity index (χ0n) is 38.9. The number of nitrogens with one attached hydrogen (secondary N) is 1. The molecular formula is C52H66N2O13. The van der Waals surface area contributed by atoms with Crippen LogP contribution < -0.4 is 14.2 Å². The Bertz CT molecular complexity index is 2440. The Balaban J connectivity index is 1.24. The summed E-state index contributed by atoms with van der Waals surface area (Å²) in [5.41, 5.74) is 2.96. The quantitative estimate of drug-likeness (QED) is 0.0779. The van der Waals surface area contributed by atoms with Crippen LogP contribution in [0.5, 0.6) is 17.2 Å². The van der Waals surface area contributed by atoms with E-state index in [1.807, 2.05) is 24.4 Å². The number of carbonyl (C=O) groups is 3. The molecule has 5 heterocycles. The SMILES string of the molecule is CCOC(=O)C1=C(C=O)C2=C3C[C@H](CO)C(=O)[C@H](C3)c3cc4cc[nH]c4cc3CC[C@@H](CO)COc3c4c(c(CO)c(c32)O1)O[C@H]([C@@]1(O)C[C@@H](CO)C[C@H]2[C@@H](CC)N(CCCOC)CC[C@H]21)C4. The number of piperidine rings is 1. The molecule has 15 nitrogen and oxygen atoms in total. The number of hydrogen-bond donors (Lipinski definition) is 6. The lowest BCUT2D eigenvalue weighted by atomic mass is 9.58. The number of allylic oxidation sites excluding steroid dienone is 3. The van der Waals surface area contributed by atoms with Crippen LogP contribution in [0, 0.1) is 29.6 Å². The number of likely N-dealkylation sites (tertiary alicyclic amines) is 1. The number of Topliss-reactive ketones (excluding diaryl/α,β-unsaturated/α-hetero) is 1. The van der Waals surface area contributed by atoms with E-state index in [0.29, 0.717) is 55.3 Å². The van der Waals surface area contributed by atoms with Gasteiger partial charge in [-0.25, -0.2) is 4.79 Å². The predicted octanol–water partition coefficient (Wildman–Crippen LogP) is 4.70. The van der Waals surface area contributed by atoms with Gasteiger partial charge in [0.25, 0.3) is 0 Å². The third kappa shape index (κ3) is 8.31. The number of nitrogens with zero attached hydrogens (tertiary/aromatic N) is 1. The number of carbonyl (C=O) groups excluding carboxylic acids is 3. The van der Waals surface area contributed by atoms with Crippen molar-refractivity contribution in [3.05, 3.63) is 69.1 Å². The second kappa shape index (κ2) is 19.8. The number of H-pyrrole nitrogens is 1. The number of aryl methyl sites for hydroxylation is 1. The summed E-state index contributed by atoms with van der Waals surface area (Å²) in [6.45, 7) is 4.70. The van der Waals surface area contributed by atoms with Gasteiger partial charge in [0.15, 0.2) is 6.29 Å². The third-order valence-electron chi connectivity index (χ3n) is 16.0. The molecule has 2 bridgehead atoms. The van der Waals surface area contributed by atoms with Crippen LogP contribution in [0.4, 0.5) is 0 Å². The molecule has 1 saturated heterocycles. The minimum absolute atomic E-state index is 0.0177. The molecular weight excluding hydrogens is 861 g/mol. The highest BCUT2D eigenvalue weighted by Crippen LogP contribution is 2.59. The van der Waals surface area contributed by atoms with E-state index in [9.17, 15) is 39.9 Å². The van der Waals surface area contributed by atoms with Crippen LogP contribution in [-0.4, -0.2) is 131 Å². The summed E-state index contributed by atoms with van der Waals surface area (Å²) in [5, 5.41) is 58.3. The van der Waals surface area contributed by atoms with Crippen LogP contribution in [0.1, 0.15) is 98.9 Å². The molecule has 2 aromatic carbocycles. The number of aliphatic hydroxyl groups excluding tert-OH is 4. The van der Waals surface area contributed by atoms with Crippen molar-refractivity contribution in [1.29, 1.82) is 0 Å². The Morgan fingerprint density at radius 1 is 1.03 bits per heavy atom. The molecule has 362 valence electrons. The average Bonchev–Trinajstić information content (AvgIpc) is 4.01. The van der Waals surface area contributed by atoms with Gasteiger partial charge in [-0.3, -0.25) is 9.59 Å². The zero-order valence-corrected chi connectivity index (χ0v) is 38.9. The van der Waals surface area contributed by atoms with Crippen LogP contribution in [0.25, 0.3) is 16.5 Å². The molecule has 9 rings (SSSR count). The van der Waals surface area contributed by atoms with Crippen molar-refractivity contribution in [2.75, 3.05) is 59.8 Å². The van der Waals surface area contributed by atoms with E-state index in [2.05, 4.69) is 16.8 Å². The number of methoxy groups -OCH3 is 1. The molecule has 0 unspecified atom stereocenters. The van der Waals surface area contributed by atoms with Gasteiger partial charge >= 0.3 is 5.97 Å². The molecule has 67 heavy (non-hydrogen) atoms. The van der Waals surface area contributed by atoms with Crippen LogP contribution >= 0.6 is 0 Å². The summed E-state index contributed by atoms with van der Waals surface area (Å²) in [6.07, 6.45) is 6.39. The van der Waals surface area contributed by atoms with Gasteiger partial charge in [-0.15, -0.1) is 0 Å². The van der Waals surface area contributed by atoms with Crippen LogP contribution in [-0.2, 0) is 43.3 Å². The van der Waals surface area contributed by atoms with E-state index in [1.54, 1.807) is 14.0 Å². The van der Waals surface area contributed by atoms with Crippen molar-refractivity contribution in [2.24, 2.45) is 29.6 Å². The molecule has 1 aromatic heterocycles. The number of aliphatic hydroxyl groups is 5. The molecule has 4 aliphatic heterocycles. The Morgan fingerprint density at radius 2 is 1.85 bits per heavy atom. The average molecular weight is 927 g/mol. The topological polar surface area (TPSA) is 218 Å². The highest BCUT2D eigenvalue weighted by Gasteiger charge is 2.58. The Hall–Kier alpha value is -4.61. The predicted molar refractivity (Wildman–Crippen MR) is 247 cm³/mol. The first-order valence-electron chi connectivity index (χ1n) is 24.4. The maximum Gasteiger partial charge on any atom is 0.375 e. The van der Waals surface area contributed by atoms with Crippen molar-refractivity contribution < 1.29 is 63.6 Å². The van der Waals surface area contributed by atoms with Crippen molar-refractivity contribution in [3.63, 3.8) is 0 Å². The maximum absolute atomic E-state index is 14.5. The summed E-state index contributed by atoms with van der Waals surface area (Å²) >= 11 is 0. The van der Waals surface area contributed by atoms with Crippen LogP contribution in [0.3, 0.4) is 0 Å². The van der Waals surface area contributed by atoms with Gasteiger partial charge in [0.1, 0.15) is 34.7 Å². The Labute approximate surface area is 391 Å². The number of aromatic nitrogens is 1. The van der Waals surface area contributed by atoms with Gasteiger partial charge in [-0.2, -0.15) is 0 Å². The first-order valence-corrected chi connectivity index (χ1v) is 24.4. The number of fused-ring (bicyclic) bond motifs is 8. The summed E-state index contributed by atoms with van der Waals surface area (Å²) in [5.74, 6) is -3.23. The molecule has 3 aromatic rings. The standard InChI is InChI=1S/C52H66N2O13/c1-4-42-36-15-29(23-56)21-52(62,40(36)10-13-54(42)12-6-14-63-3)43-20-37-47(66-43)39(26-59)49-45-44(38(25-58)50(67-49)51(61)64-5-2)32-16-33(24-57)46(60)35(18-32)34-17-31-9-11-53-41(31)19-30(34)8-7-28(22-55)27-65-48(37)45/h9,11,17,19,25,28-29,33,35-36,40,42-43,53,55-57,59,62H,4-8,10,12-16,18,20-24,26-27H2,1-3H3/t28-,29-,33+,35+,36+,40+,42+,43-,52+/m0/s1. The first-order chi connectivity index (χ1) is 32.5. The van der Waals surface area contributed by atoms with Crippen molar-refractivity contribution in [1.82, 2.24) is 9.88 Å². The number of ketones is 1. The molecule has 0 amide bonds. The number of benzene rings is 2. The fraction of sp³-hybridized carbons (Fsp3) is 0.596. The van der Waals surface area contributed by atoms with E-state index >= 15 is 0 Å². The van der Waals surface area contributed by atoms with E-state index < -0.39 is 54.4 Å². The summed E-state index contributed by atoms with van der Waals surface area (Å²) in [7, 11) is 1.70. The number of ether oxygens (including phenoxy) is 5.